The molecule has 1 N–H and O–H groups in total. The maximum Gasteiger partial charge on any atom is 0.433 e. The normalized spacial score (nSPS) is 12.0. The Morgan fingerprint density at radius 1 is 1.30 bits per heavy atom. The molecule has 4 nitrogen and oxygen atoms in total. The number of aromatic nitrogens is 2. The van der Waals surface area contributed by atoms with Gasteiger partial charge in [0.1, 0.15) is 4.88 Å². The molecule has 23 heavy (non-hydrogen) atoms. The number of halogens is 4. The van der Waals surface area contributed by atoms with E-state index < -0.39 is 22.7 Å². The van der Waals surface area contributed by atoms with Crippen LogP contribution in [0.3, 0.4) is 0 Å². The summed E-state index contributed by atoms with van der Waals surface area (Å²) in [5.41, 5.74) is -0.0308. The van der Waals surface area contributed by atoms with E-state index in [9.17, 15) is 18.0 Å². The topological polar surface area (TPSA) is 54.6 Å². The zero-order chi connectivity index (χ0) is 16.9. The van der Waals surface area contributed by atoms with Gasteiger partial charge in [0, 0.05) is 16.3 Å². The average Bonchev–Trinajstić information content (AvgIpc) is 2.97. The Kier molecular flexibility index (Phi) is 3.61. The van der Waals surface area contributed by atoms with Gasteiger partial charge in [0.05, 0.1) is 5.69 Å². The van der Waals surface area contributed by atoms with Gasteiger partial charge in [-0.05, 0) is 19.1 Å². The average molecular weight is 361 g/mol. The number of carboxylic acids is 1. The van der Waals surface area contributed by atoms with E-state index in [-0.39, 0.29) is 10.7 Å². The van der Waals surface area contributed by atoms with Gasteiger partial charge < -0.3 is 5.11 Å². The van der Waals surface area contributed by atoms with Crippen molar-refractivity contribution in [3.05, 3.63) is 45.6 Å². The molecule has 0 aliphatic carbocycles. The Morgan fingerprint density at radius 2 is 1.91 bits per heavy atom. The van der Waals surface area contributed by atoms with Gasteiger partial charge in [0.15, 0.2) is 10.7 Å². The second-order valence-corrected chi connectivity index (χ2v) is 6.17. The Balaban J connectivity index is 2.30. The fraction of sp³-hybridized carbons (Fsp3) is 0.143. The van der Waals surface area contributed by atoms with Gasteiger partial charge in [-0.15, -0.1) is 0 Å². The van der Waals surface area contributed by atoms with Crippen LogP contribution >= 0.6 is 22.9 Å². The van der Waals surface area contributed by atoms with E-state index in [1.165, 1.54) is 6.92 Å². The highest BCUT2D eigenvalue weighted by Gasteiger charge is 2.41. The van der Waals surface area contributed by atoms with Crippen LogP contribution in [0.25, 0.3) is 16.2 Å². The summed E-state index contributed by atoms with van der Waals surface area (Å²) in [6.45, 7) is 1.47. The van der Waals surface area contributed by atoms with Crippen molar-refractivity contribution in [1.82, 2.24) is 9.38 Å². The molecule has 0 unspecified atom stereocenters. The summed E-state index contributed by atoms with van der Waals surface area (Å²) in [7, 11) is 0. The van der Waals surface area contributed by atoms with E-state index in [1.54, 1.807) is 24.3 Å². The van der Waals surface area contributed by atoms with Crippen LogP contribution in [0.4, 0.5) is 13.2 Å². The van der Waals surface area contributed by atoms with Gasteiger partial charge in [-0.25, -0.2) is 9.78 Å². The van der Waals surface area contributed by atoms with E-state index in [0.717, 1.165) is 4.40 Å². The molecule has 0 spiro atoms. The number of imidazole rings is 1. The van der Waals surface area contributed by atoms with Gasteiger partial charge >= 0.3 is 12.1 Å². The van der Waals surface area contributed by atoms with Crippen LogP contribution in [0.1, 0.15) is 21.1 Å². The third-order valence-corrected chi connectivity index (χ3v) is 4.57. The van der Waals surface area contributed by atoms with Crippen LogP contribution in [0.15, 0.2) is 24.3 Å². The molecule has 0 aliphatic heterocycles. The van der Waals surface area contributed by atoms with Crippen LogP contribution in [-0.4, -0.2) is 20.5 Å². The fourth-order valence-electron chi connectivity index (χ4n) is 2.33. The summed E-state index contributed by atoms with van der Waals surface area (Å²) in [5, 5.41) is 9.51. The number of carbonyl (C=O) groups is 1. The molecule has 3 rings (SSSR count). The van der Waals surface area contributed by atoms with Crippen LogP contribution in [-0.2, 0) is 6.18 Å². The van der Waals surface area contributed by atoms with Gasteiger partial charge in [0.25, 0.3) is 0 Å². The van der Waals surface area contributed by atoms with E-state index in [4.69, 9.17) is 16.7 Å². The smallest absolute Gasteiger partial charge is 0.433 e. The number of thiazole rings is 1. The molecule has 2 aromatic heterocycles. The zero-order valence-electron chi connectivity index (χ0n) is 11.5. The third kappa shape index (κ3) is 2.57. The van der Waals surface area contributed by atoms with Gasteiger partial charge in [-0.2, -0.15) is 13.2 Å². The Morgan fingerprint density at radius 3 is 2.43 bits per heavy atom. The molecule has 0 bridgehead atoms. The number of carboxylic acid groups (broad SMARTS) is 1. The molecular formula is C14H8ClF3N2O2S. The van der Waals surface area contributed by atoms with E-state index in [0.29, 0.717) is 27.6 Å². The molecular weight excluding hydrogens is 353 g/mol. The summed E-state index contributed by atoms with van der Waals surface area (Å²) < 4.78 is 40.7. The lowest BCUT2D eigenvalue weighted by Gasteiger charge is -2.08. The molecule has 0 saturated heterocycles. The summed E-state index contributed by atoms with van der Waals surface area (Å²) in [6.07, 6.45) is -4.80. The fourth-order valence-corrected chi connectivity index (χ4v) is 3.49. The number of aromatic carboxylic acids is 1. The lowest BCUT2D eigenvalue weighted by molar-refractivity contribution is -0.142. The minimum Gasteiger partial charge on any atom is -0.477 e. The Hall–Kier alpha value is -2.06. The zero-order valence-corrected chi connectivity index (χ0v) is 13.1. The number of rotatable bonds is 2. The highest BCUT2D eigenvalue weighted by atomic mass is 35.5. The molecule has 1 aromatic carbocycles. The molecule has 2 heterocycles. The minimum absolute atomic E-state index is 0.0165. The first kappa shape index (κ1) is 15.8. The summed E-state index contributed by atoms with van der Waals surface area (Å²) >= 11 is 6.30. The standard InChI is InChI=1S/C14H8ClF3N2O2S/c1-6-9(7-2-4-8(15)5-3-7)19-13-20(6)11(14(16,17)18)10(23-13)12(21)22/h2-5H,1H3,(H,21,22). The quantitative estimate of drug-likeness (QED) is 0.718. The van der Waals surface area contributed by atoms with Gasteiger partial charge in [-0.3, -0.25) is 4.40 Å². The monoisotopic (exact) mass is 360 g/mol. The molecule has 0 saturated carbocycles. The van der Waals surface area contributed by atoms with Gasteiger partial charge in [-0.1, -0.05) is 35.1 Å². The first-order valence-corrected chi connectivity index (χ1v) is 7.48. The van der Waals surface area contributed by atoms with Crippen molar-refractivity contribution in [3.8, 4) is 11.3 Å². The van der Waals surface area contributed by atoms with Crippen molar-refractivity contribution in [2.24, 2.45) is 0 Å². The summed E-state index contributed by atoms with van der Waals surface area (Å²) in [5.74, 6) is -1.62. The predicted molar refractivity (Wildman–Crippen MR) is 80.2 cm³/mol. The molecule has 0 aliphatic rings. The minimum atomic E-state index is -4.80. The molecule has 0 atom stereocenters. The number of hydrogen-bond acceptors (Lipinski definition) is 3. The first-order valence-electron chi connectivity index (χ1n) is 6.28. The van der Waals surface area contributed by atoms with Crippen LogP contribution in [0, 0.1) is 6.92 Å². The highest BCUT2D eigenvalue weighted by molar-refractivity contribution is 7.19. The largest absolute Gasteiger partial charge is 0.477 e. The number of alkyl halides is 3. The highest BCUT2D eigenvalue weighted by Crippen LogP contribution is 2.39. The second kappa shape index (κ2) is 5.24. The van der Waals surface area contributed by atoms with Crippen LogP contribution < -0.4 is 0 Å². The molecule has 0 radical (unpaired) electrons. The van der Waals surface area contributed by atoms with E-state index in [1.807, 2.05) is 0 Å². The molecule has 9 heteroatoms. The van der Waals surface area contributed by atoms with Crippen molar-refractivity contribution in [3.63, 3.8) is 0 Å². The van der Waals surface area contributed by atoms with Crippen LogP contribution in [0.2, 0.25) is 5.02 Å². The Labute approximate surface area is 136 Å². The van der Waals surface area contributed by atoms with Crippen molar-refractivity contribution in [2.45, 2.75) is 13.1 Å². The number of nitrogens with zero attached hydrogens (tertiary/aromatic N) is 2. The van der Waals surface area contributed by atoms with Gasteiger partial charge in [0.2, 0.25) is 0 Å². The summed E-state index contributed by atoms with van der Waals surface area (Å²) in [4.78, 5) is 14.5. The van der Waals surface area contributed by atoms with E-state index >= 15 is 0 Å². The molecule has 0 fully saturated rings. The molecule has 120 valence electrons. The number of benzene rings is 1. The van der Waals surface area contributed by atoms with Crippen molar-refractivity contribution in [2.75, 3.05) is 0 Å². The SMILES string of the molecule is Cc1c(-c2ccc(Cl)cc2)nc2sc(C(=O)O)c(C(F)(F)F)n12. The van der Waals surface area contributed by atoms with Crippen LogP contribution in [0.5, 0.6) is 0 Å². The van der Waals surface area contributed by atoms with E-state index in [2.05, 4.69) is 4.98 Å². The lowest BCUT2D eigenvalue weighted by atomic mass is 10.1. The number of hydrogen-bond donors (Lipinski definition) is 1. The van der Waals surface area contributed by atoms with Crippen molar-refractivity contribution in [1.29, 1.82) is 0 Å². The van der Waals surface area contributed by atoms with Crippen molar-refractivity contribution < 1.29 is 23.1 Å². The van der Waals surface area contributed by atoms with Crippen molar-refractivity contribution >= 4 is 33.9 Å². The number of fused-ring (bicyclic) bond motifs is 1. The molecule has 3 aromatic rings. The molecule has 0 amide bonds. The maximum atomic E-state index is 13.3. The summed E-state index contributed by atoms with van der Waals surface area (Å²) in [6, 6.07) is 6.51. The maximum absolute atomic E-state index is 13.3. The first-order chi connectivity index (χ1) is 10.7. The Bertz CT molecular complexity index is 913. The predicted octanol–water partition coefficient (Wildman–Crippen LogP) is 4.74. The number of aryl methyl sites for hydroxylation is 1. The lowest BCUT2D eigenvalue weighted by Crippen LogP contribution is -2.14. The second-order valence-electron chi connectivity index (χ2n) is 4.75. The third-order valence-electron chi connectivity index (χ3n) is 3.29.